The predicted molar refractivity (Wildman–Crippen MR) is 104 cm³/mol. The summed E-state index contributed by atoms with van der Waals surface area (Å²) < 4.78 is 0. The van der Waals surface area contributed by atoms with E-state index in [9.17, 15) is 9.90 Å². The van der Waals surface area contributed by atoms with Crippen molar-refractivity contribution in [1.82, 2.24) is 5.32 Å². The Labute approximate surface area is 156 Å². The highest BCUT2D eigenvalue weighted by molar-refractivity contribution is 6.06. The van der Waals surface area contributed by atoms with E-state index in [1.807, 2.05) is 25.1 Å². The molecule has 2 aliphatic carbocycles. The van der Waals surface area contributed by atoms with Gasteiger partial charge in [-0.25, -0.2) is 0 Å². The van der Waals surface area contributed by atoms with E-state index in [2.05, 4.69) is 16.7 Å². The second-order valence-corrected chi connectivity index (χ2v) is 8.93. The number of carbonyl (C=O) groups excluding carboxylic acids is 1. The molecule has 1 unspecified atom stereocenters. The third-order valence-electron chi connectivity index (χ3n) is 7.20. The zero-order chi connectivity index (χ0) is 18.2. The van der Waals surface area contributed by atoms with Crippen molar-refractivity contribution in [2.45, 2.75) is 81.8 Å². The highest BCUT2D eigenvalue weighted by Crippen LogP contribution is 2.47. The summed E-state index contributed by atoms with van der Waals surface area (Å²) in [6, 6.07) is 8.53. The average Bonchev–Trinajstić information content (AvgIpc) is 2.94. The van der Waals surface area contributed by atoms with Gasteiger partial charge in [-0.15, -0.1) is 0 Å². The van der Waals surface area contributed by atoms with Crippen LogP contribution in [0.1, 0.15) is 70.3 Å². The second kappa shape index (κ2) is 6.97. The van der Waals surface area contributed by atoms with E-state index < -0.39 is 5.60 Å². The molecule has 26 heavy (non-hydrogen) atoms. The minimum absolute atomic E-state index is 0.173. The quantitative estimate of drug-likeness (QED) is 0.770. The Bertz CT molecular complexity index is 656. The molecular weight excluding hydrogens is 324 g/mol. The number of para-hydroxylation sites is 1. The summed E-state index contributed by atoms with van der Waals surface area (Å²) in [7, 11) is 0. The number of aliphatic hydroxyl groups is 1. The largest absolute Gasteiger partial charge is 0.389 e. The molecule has 142 valence electrons. The van der Waals surface area contributed by atoms with Gasteiger partial charge in [0.1, 0.15) is 0 Å². The lowest BCUT2D eigenvalue weighted by atomic mass is 9.69. The van der Waals surface area contributed by atoms with Crippen molar-refractivity contribution >= 4 is 11.6 Å². The molecule has 2 saturated carbocycles. The second-order valence-electron chi connectivity index (χ2n) is 8.93. The fraction of sp³-hybridized carbons (Fsp3) is 0.682. The Morgan fingerprint density at radius 2 is 1.85 bits per heavy atom. The molecule has 4 nitrogen and oxygen atoms in total. The Balaban J connectivity index is 1.35. The van der Waals surface area contributed by atoms with Crippen LogP contribution in [-0.2, 0) is 10.2 Å². The van der Waals surface area contributed by atoms with Crippen LogP contribution in [-0.4, -0.2) is 29.2 Å². The van der Waals surface area contributed by atoms with E-state index in [1.165, 1.54) is 24.8 Å². The summed E-state index contributed by atoms with van der Waals surface area (Å²) in [5, 5.41) is 17.6. The summed E-state index contributed by atoms with van der Waals surface area (Å²) in [6.07, 6.45) is 9.87. The van der Waals surface area contributed by atoms with Crippen LogP contribution in [0.25, 0.3) is 0 Å². The Morgan fingerprint density at radius 3 is 2.58 bits per heavy atom. The highest BCUT2D eigenvalue weighted by atomic mass is 16.3. The minimum Gasteiger partial charge on any atom is -0.389 e. The van der Waals surface area contributed by atoms with Crippen molar-refractivity contribution in [3.05, 3.63) is 29.8 Å². The van der Waals surface area contributed by atoms with Gasteiger partial charge < -0.3 is 15.7 Å². The molecule has 0 radical (unpaired) electrons. The molecule has 1 spiro atoms. The molecule has 1 amide bonds. The van der Waals surface area contributed by atoms with E-state index in [-0.39, 0.29) is 11.3 Å². The first-order chi connectivity index (χ1) is 12.5. The van der Waals surface area contributed by atoms with Gasteiger partial charge in [-0.05, 0) is 63.0 Å². The molecule has 1 atom stereocenters. The van der Waals surface area contributed by atoms with E-state index in [0.29, 0.717) is 18.5 Å². The first-order valence-electron chi connectivity index (χ1n) is 10.4. The van der Waals surface area contributed by atoms with Crippen LogP contribution in [0.15, 0.2) is 24.3 Å². The van der Waals surface area contributed by atoms with Crippen LogP contribution >= 0.6 is 0 Å². The van der Waals surface area contributed by atoms with Crippen molar-refractivity contribution in [3.8, 4) is 0 Å². The number of benzene rings is 1. The van der Waals surface area contributed by atoms with Crippen molar-refractivity contribution < 1.29 is 9.90 Å². The summed E-state index contributed by atoms with van der Waals surface area (Å²) in [5.74, 6) is 0.595. The van der Waals surface area contributed by atoms with Crippen LogP contribution in [0.4, 0.5) is 5.69 Å². The number of fused-ring (bicyclic) bond motifs is 2. The van der Waals surface area contributed by atoms with E-state index >= 15 is 0 Å². The lowest BCUT2D eigenvalue weighted by Crippen LogP contribution is -2.50. The van der Waals surface area contributed by atoms with Gasteiger partial charge in [0.2, 0.25) is 5.91 Å². The van der Waals surface area contributed by atoms with Crippen molar-refractivity contribution in [2.24, 2.45) is 5.92 Å². The molecule has 1 aromatic rings. The minimum atomic E-state index is -0.618. The molecule has 1 aromatic carbocycles. The number of nitrogens with one attached hydrogen (secondary N) is 2. The van der Waals surface area contributed by atoms with E-state index in [1.54, 1.807) is 0 Å². The monoisotopic (exact) mass is 356 g/mol. The lowest BCUT2D eigenvalue weighted by molar-refractivity contribution is -0.122. The molecule has 2 fully saturated rings. The number of rotatable bonds is 4. The van der Waals surface area contributed by atoms with Crippen LogP contribution in [0.2, 0.25) is 0 Å². The highest BCUT2D eigenvalue weighted by Gasteiger charge is 2.48. The van der Waals surface area contributed by atoms with Crippen molar-refractivity contribution in [1.29, 1.82) is 0 Å². The molecule has 4 heteroatoms. The summed E-state index contributed by atoms with van der Waals surface area (Å²) in [4.78, 5) is 12.7. The van der Waals surface area contributed by atoms with Crippen molar-refractivity contribution in [2.75, 3.05) is 11.9 Å². The van der Waals surface area contributed by atoms with Gasteiger partial charge in [0.05, 0.1) is 11.0 Å². The normalized spacial score (nSPS) is 31.5. The lowest BCUT2D eigenvalue weighted by Gasteiger charge is -2.39. The first-order valence-corrected chi connectivity index (χ1v) is 10.4. The zero-order valence-corrected chi connectivity index (χ0v) is 15.9. The third-order valence-corrected chi connectivity index (χ3v) is 7.20. The van der Waals surface area contributed by atoms with Gasteiger partial charge in [-0.1, -0.05) is 37.5 Å². The molecule has 1 aliphatic heterocycles. The number of hydrogen-bond acceptors (Lipinski definition) is 3. The van der Waals surface area contributed by atoms with Gasteiger partial charge in [0, 0.05) is 18.3 Å². The molecular formula is C22H32N2O2. The summed E-state index contributed by atoms with van der Waals surface area (Å²) in [6.45, 7) is 2.67. The number of amides is 1. The third kappa shape index (κ3) is 3.18. The van der Waals surface area contributed by atoms with Gasteiger partial charge in [0.15, 0.2) is 0 Å². The first kappa shape index (κ1) is 18.0. The van der Waals surface area contributed by atoms with E-state index in [4.69, 9.17) is 0 Å². The predicted octanol–water partition coefficient (Wildman–Crippen LogP) is 3.74. The number of hydrogen-bond donors (Lipinski definition) is 3. The van der Waals surface area contributed by atoms with Crippen LogP contribution < -0.4 is 10.6 Å². The maximum atomic E-state index is 12.7. The molecule has 0 saturated heterocycles. The zero-order valence-electron chi connectivity index (χ0n) is 15.9. The summed E-state index contributed by atoms with van der Waals surface area (Å²) >= 11 is 0. The molecule has 1 heterocycles. The van der Waals surface area contributed by atoms with Gasteiger partial charge in [-0.3, -0.25) is 4.79 Å². The average molecular weight is 357 g/mol. The maximum Gasteiger partial charge on any atom is 0.235 e. The van der Waals surface area contributed by atoms with Crippen molar-refractivity contribution in [3.63, 3.8) is 0 Å². The van der Waals surface area contributed by atoms with Gasteiger partial charge >= 0.3 is 0 Å². The fourth-order valence-electron chi connectivity index (χ4n) is 5.40. The maximum absolute atomic E-state index is 12.7. The summed E-state index contributed by atoms with van der Waals surface area (Å²) in [5.41, 5.74) is 1.22. The molecule has 0 bridgehead atoms. The number of carbonyl (C=O) groups is 1. The van der Waals surface area contributed by atoms with Crippen LogP contribution in [0.5, 0.6) is 0 Å². The Morgan fingerprint density at radius 1 is 1.15 bits per heavy atom. The Hall–Kier alpha value is -1.39. The topological polar surface area (TPSA) is 61.4 Å². The van der Waals surface area contributed by atoms with Crippen LogP contribution in [0, 0.1) is 5.92 Å². The molecule has 3 aliphatic rings. The standard InChI is InChI=1S/C22H32N2O2/c1-21(26,16-7-3-2-4-8-16)15-23-17-11-13-22(14-12-17)18-9-5-6-10-19(18)24-20(22)25/h5-6,9-10,16-17,23,26H,2-4,7-8,11-15H2,1H3,(H,24,25). The van der Waals surface area contributed by atoms with Gasteiger partial charge in [0.25, 0.3) is 0 Å². The fourth-order valence-corrected chi connectivity index (χ4v) is 5.40. The van der Waals surface area contributed by atoms with Crippen LogP contribution in [0.3, 0.4) is 0 Å². The molecule has 4 rings (SSSR count). The smallest absolute Gasteiger partial charge is 0.235 e. The van der Waals surface area contributed by atoms with Gasteiger partial charge in [-0.2, -0.15) is 0 Å². The Kier molecular flexibility index (Phi) is 4.83. The van der Waals surface area contributed by atoms with E-state index in [0.717, 1.165) is 44.2 Å². The SMILES string of the molecule is CC(O)(CNC1CCC2(CC1)C(=O)Nc1ccccc12)C1CCCCC1. The number of anilines is 1. The molecule has 0 aromatic heterocycles. The molecule has 3 N–H and O–H groups in total.